The van der Waals surface area contributed by atoms with E-state index in [0.29, 0.717) is 12.0 Å². The highest BCUT2D eigenvalue weighted by molar-refractivity contribution is 6.08. The molecule has 3 nitrogen and oxygen atoms in total. The number of imide groups is 1. The van der Waals surface area contributed by atoms with E-state index in [2.05, 4.69) is 5.32 Å². The monoisotopic (exact) mass is 195 g/mol. The number of nitrogens with one attached hydrogen (secondary N) is 1. The predicted molar refractivity (Wildman–Crippen MR) is 54.5 cm³/mol. The first-order valence-corrected chi connectivity index (χ1v) is 4.92. The van der Waals surface area contributed by atoms with Crippen LogP contribution in [0.25, 0.3) is 0 Å². The number of carbonyl (C=O) groups is 2. The van der Waals surface area contributed by atoms with Gasteiger partial charge in [-0.25, -0.2) is 0 Å². The van der Waals surface area contributed by atoms with E-state index in [-0.39, 0.29) is 23.1 Å². The zero-order valence-electron chi connectivity index (χ0n) is 9.18. The molecule has 0 spiro atoms. The minimum Gasteiger partial charge on any atom is -0.292 e. The van der Waals surface area contributed by atoms with E-state index in [1.165, 1.54) is 0 Å². The van der Waals surface area contributed by atoms with Gasteiger partial charge in [-0.05, 0) is 11.8 Å². The molecule has 14 heavy (non-hydrogen) atoms. The molecule has 0 saturated heterocycles. The highest BCUT2D eigenvalue weighted by Crippen LogP contribution is 2.30. The van der Waals surface area contributed by atoms with Crippen molar-refractivity contribution in [2.45, 2.75) is 34.1 Å². The summed E-state index contributed by atoms with van der Waals surface area (Å²) in [6.07, 6.45) is 2.48. The average molecular weight is 195 g/mol. The molecule has 0 saturated carbocycles. The number of hydrogen-bond donors (Lipinski definition) is 1. The van der Waals surface area contributed by atoms with Crippen LogP contribution < -0.4 is 5.32 Å². The molecular weight excluding hydrogens is 178 g/mol. The molecule has 1 N–H and O–H groups in total. The molecule has 1 atom stereocenters. The van der Waals surface area contributed by atoms with Crippen molar-refractivity contribution < 1.29 is 9.59 Å². The fourth-order valence-corrected chi connectivity index (χ4v) is 1.54. The molecule has 0 aromatic carbocycles. The van der Waals surface area contributed by atoms with Gasteiger partial charge in [-0.2, -0.15) is 0 Å². The van der Waals surface area contributed by atoms with Gasteiger partial charge < -0.3 is 0 Å². The average Bonchev–Trinajstić information content (AvgIpc) is 2.02. The van der Waals surface area contributed by atoms with Crippen molar-refractivity contribution in [1.82, 2.24) is 5.32 Å². The maximum absolute atomic E-state index is 11.5. The van der Waals surface area contributed by atoms with Crippen LogP contribution in [0.5, 0.6) is 0 Å². The van der Waals surface area contributed by atoms with Crippen LogP contribution in [-0.4, -0.2) is 11.8 Å². The summed E-state index contributed by atoms with van der Waals surface area (Å²) in [7, 11) is 0. The maximum atomic E-state index is 11.5. The molecule has 2 amide bonds. The van der Waals surface area contributed by atoms with Crippen LogP contribution in [0, 0.1) is 11.3 Å². The Morgan fingerprint density at radius 3 is 2.36 bits per heavy atom. The van der Waals surface area contributed by atoms with Crippen molar-refractivity contribution in [3.8, 4) is 0 Å². The third kappa shape index (κ3) is 2.03. The molecule has 0 fully saturated rings. The highest BCUT2D eigenvalue weighted by Gasteiger charge is 2.34. The van der Waals surface area contributed by atoms with Gasteiger partial charge in [0, 0.05) is 5.57 Å². The summed E-state index contributed by atoms with van der Waals surface area (Å²) < 4.78 is 0. The van der Waals surface area contributed by atoms with E-state index in [4.69, 9.17) is 0 Å². The molecule has 1 aliphatic heterocycles. The first kappa shape index (κ1) is 11.0. The van der Waals surface area contributed by atoms with Crippen molar-refractivity contribution >= 4 is 11.8 Å². The predicted octanol–water partition coefficient (Wildman–Crippen LogP) is 1.64. The summed E-state index contributed by atoms with van der Waals surface area (Å²) in [4.78, 5) is 22.8. The molecule has 1 unspecified atom stereocenters. The third-order valence-electron chi connectivity index (χ3n) is 2.49. The molecule has 1 aliphatic rings. The summed E-state index contributed by atoms with van der Waals surface area (Å²) in [6, 6.07) is 0. The molecule has 0 aromatic heterocycles. The Labute approximate surface area is 84.6 Å². The Morgan fingerprint density at radius 2 is 1.93 bits per heavy atom. The van der Waals surface area contributed by atoms with Gasteiger partial charge in [0.25, 0.3) is 5.91 Å². The van der Waals surface area contributed by atoms with Gasteiger partial charge in [-0.3, -0.25) is 14.9 Å². The second-order valence-corrected chi connectivity index (χ2v) is 4.71. The van der Waals surface area contributed by atoms with Crippen LogP contribution in [0.2, 0.25) is 0 Å². The van der Waals surface area contributed by atoms with E-state index >= 15 is 0 Å². The lowest BCUT2D eigenvalue weighted by molar-refractivity contribution is -0.133. The molecule has 1 rings (SSSR count). The van der Waals surface area contributed by atoms with Gasteiger partial charge in [0.1, 0.15) is 0 Å². The second kappa shape index (κ2) is 3.56. The van der Waals surface area contributed by atoms with E-state index in [1.54, 1.807) is 6.08 Å². The van der Waals surface area contributed by atoms with E-state index in [0.717, 1.165) is 0 Å². The van der Waals surface area contributed by atoms with E-state index in [1.807, 2.05) is 27.7 Å². The first-order chi connectivity index (χ1) is 6.36. The van der Waals surface area contributed by atoms with Gasteiger partial charge in [0.15, 0.2) is 0 Å². The molecule has 0 radical (unpaired) electrons. The normalized spacial score (nSPS) is 23.1. The standard InChI is InChI=1S/C11H17NO2/c1-5-7-6-8(11(2,3)4)10(14)12-9(7)13/h6,8H,5H2,1-4H3,(H,12,13,14). The summed E-state index contributed by atoms with van der Waals surface area (Å²) >= 11 is 0. The van der Waals surface area contributed by atoms with Gasteiger partial charge in [-0.1, -0.05) is 33.8 Å². The molecule has 1 heterocycles. The van der Waals surface area contributed by atoms with Crippen molar-refractivity contribution in [3.63, 3.8) is 0 Å². The molecule has 0 aliphatic carbocycles. The van der Waals surface area contributed by atoms with Crippen LogP contribution in [-0.2, 0) is 9.59 Å². The summed E-state index contributed by atoms with van der Waals surface area (Å²) in [5, 5.41) is 2.39. The largest absolute Gasteiger partial charge is 0.292 e. The number of carbonyl (C=O) groups excluding carboxylic acids is 2. The Morgan fingerprint density at radius 1 is 1.36 bits per heavy atom. The molecule has 78 valence electrons. The number of hydrogen-bond acceptors (Lipinski definition) is 2. The zero-order valence-corrected chi connectivity index (χ0v) is 9.18. The van der Waals surface area contributed by atoms with Crippen LogP contribution in [0.15, 0.2) is 11.6 Å². The van der Waals surface area contributed by atoms with Crippen LogP contribution in [0.1, 0.15) is 34.1 Å². The maximum Gasteiger partial charge on any atom is 0.253 e. The van der Waals surface area contributed by atoms with Gasteiger partial charge in [0.05, 0.1) is 5.92 Å². The fraction of sp³-hybridized carbons (Fsp3) is 0.636. The number of amides is 2. The quantitative estimate of drug-likeness (QED) is 0.646. The summed E-state index contributed by atoms with van der Waals surface area (Å²) in [5.41, 5.74) is 0.579. The minimum atomic E-state index is -0.238. The molecule has 3 heteroatoms. The third-order valence-corrected chi connectivity index (χ3v) is 2.49. The second-order valence-electron chi connectivity index (χ2n) is 4.71. The molecule has 0 bridgehead atoms. The SMILES string of the molecule is CCC1=CC(C(C)(C)C)C(=O)NC1=O. The van der Waals surface area contributed by atoms with Crippen molar-refractivity contribution in [1.29, 1.82) is 0 Å². The van der Waals surface area contributed by atoms with Crippen molar-refractivity contribution in [3.05, 3.63) is 11.6 Å². The molecular formula is C11H17NO2. The Hall–Kier alpha value is -1.12. The van der Waals surface area contributed by atoms with Crippen LogP contribution in [0.4, 0.5) is 0 Å². The summed E-state index contributed by atoms with van der Waals surface area (Å²) in [5.74, 6) is -0.618. The van der Waals surface area contributed by atoms with E-state index < -0.39 is 0 Å². The highest BCUT2D eigenvalue weighted by atomic mass is 16.2. The van der Waals surface area contributed by atoms with Gasteiger partial charge in [-0.15, -0.1) is 0 Å². The van der Waals surface area contributed by atoms with E-state index in [9.17, 15) is 9.59 Å². The smallest absolute Gasteiger partial charge is 0.253 e. The Bertz CT molecular complexity index is 297. The lowest BCUT2D eigenvalue weighted by Crippen LogP contribution is -2.44. The van der Waals surface area contributed by atoms with Crippen LogP contribution >= 0.6 is 0 Å². The Kier molecular flexibility index (Phi) is 2.79. The minimum absolute atomic E-state index is 0.134. The lowest BCUT2D eigenvalue weighted by Gasteiger charge is -2.30. The number of rotatable bonds is 1. The Balaban J connectivity index is 3.03. The van der Waals surface area contributed by atoms with Gasteiger partial charge in [0.2, 0.25) is 5.91 Å². The van der Waals surface area contributed by atoms with Crippen molar-refractivity contribution in [2.24, 2.45) is 11.3 Å². The fourth-order valence-electron chi connectivity index (χ4n) is 1.54. The topological polar surface area (TPSA) is 46.2 Å². The summed E-state index contributed by atoms with van der Waals surface area (Å²) in [6.45, 7) is 7.91. The lowest BCUT2D eigenvalue weighted by atomic mass is 9.77. The zero-order chi connectivity index (χ0) is 10.9. The van der Waals surface area contributed by atoms with Gasteiger partial charge >= 0.3 is 0 Å². The molecule has 0 aromatic rings. The first-order valence-electron chi connectivity index (χ1n) is 4.92. The van der Waals surface area contributed by atoms with Crippen LogP contribution in [0.3, 0.4) is 0 Å². The van der Waals surface area contributed by atoms with Crippen molar-refractivity contribution in [2.75, 3.05) is 0 Å².